The highest BCUT2D eigenvalue weighted by Crippen LogP contribution is 2.05. The van der Waals surface area contributed by atoms with Gasteiger partial charge in [-0.25, -0.2) is 0 Å². The molecule has 1 aliphatic heterocycles. The van der Waals surface area contributed by atoms with Gasteiger partial charge in [0.15, 0.2) is 0 Å². The minimum atomic E-state index is 0.216. The van der Waals surface area contributed by atoms with Gasteiger partial charge >= 0.3 is 0 Å². The third-order valence-corrected chi connectivity index (χ3v) is 3.15. The van der Waals surface area contributed by atoms with E-state index in [0.717, 1.165) is 38.2 Å². The number of rotatable bonds is 2. The predicted molar refractivity (Wildman–Crippen MR) is 66.6 cm³/mol. The zero-order chi connectivity index (χ0) is 12.1. The van der Waals surface area contributed by atoms with Crippen LogP contribution in [0.4, 0.5) is 0 Å². The number of carbonyl (C=O) groups is 1. The molecule has 92 valence electrons. The van der Waals surface area contributed by atoms with Gasteiger partial charge in [-0.05, 0) is 31.6 Å². The maximum atomic E-state index is 12.1. The van der Waals surface area contributed by atoms with E-state index >= 15 is 0 Å². The van der Waals surface area contributed by atoms with Crippen LogP contribution in [0, 0.1) is 0 Å². The highest BCUT2D eigenvalue weighted by molar-refractivity contribution is 5.78. The summed E-state index contributed by atoms with van der Waals surface area (Å²) in [5, 5.41) is 0. The lowest BCUT2D eigenvalue weighted by Crippen LogP contribution is -2.35. The molecule has 1 saturated heterocycles. The third kappa shape index (κ3) is 3.53. The fourth-order valence-electron chi connectivity index (χ4n) is 2.09. The Morgan fingerprint density at radius 2 is 2.24 bits per heavy atom. The first-order valence-electron chi connectivity index (χ1n) is 6.11. The van der Waals surface area contributed by atoms with E-state index in [4.69, 9.17) is 0 Å². The van der Waals surface area contributed by atoms with Crippen LogP contribution < -0.4 is 0 Å². The molecule has 0 aliphatic carbocycles. The van der Waals surface area contributed by atoms with E-state index in [-0.39, 0.29) is 5.91 Å². The number of amides is 1. The number of aromatic nitrogens is 1. The zero-order valence-electron chi connectivity index (χ0n) is 10.3. The predicted octanol–water partition coefficient (Wildman–Crippen LogP) is 0.788. The normalized spacial score (nSPS) is 17.8. The second-order valence-corrected chi connectivity index (χ2v) is 4.58. The van der Waals surface area contributed by atoms with Gasteiger partial charge in [-0.15, -0.1) is 0 Å². The Morgan fingerprint density at radius 1 is 1.35 bits per heavy atom. The Bertz CT molecular complexity index is 366. The lowest BCUT2D eigenvalue weighted by Gasteiger charge is -2.20. The zero-order valence-corrected chi connectivity index (χ0v) is 10.3. The summed E-state index contributed by atoms with van der Waals surface area (Å²) in [6, 6.07) is 3.83. The van der Waals surface area contributed by atoms with E-state index in [1.54, 1.807) is 12.4 Å². The Balaban J connectivity index is 1.91. The average molecular weight is 233 g/mol. The fraction of sp³-hybridized carbons (Fsp3) is 0.538. The van der Waals surface area contributed by atoms with Gasteiger partial charge in [-0.2, -0.15) is 0 Å². The van der Waals surface area contributed by atoms with Gasteiger partial charge in [0.1, 0.15) is 0 Å². The van der Waals surface area contributed by atoms with Gasteiger partial charge in [-0.3, -0.25) is 9.78 Å². The van der Waals surface area contributed by atoms with Crippen LogP contribution in [0.25, 0.3) is 0 Å². The largest absolute Gasteiger partial charge is 0.341 e. The molecule has 17 heavy (non-hydrogen) atoms. The molecule has 0 atom stereocenters. The summed E-state index contributed by atoms with van der Waals surface area (Å²) in [7, 11) is 2.11. The molecule has 4 heteroatoms. The van der Waals surface area contributed by atoms with Crippen LogP contribution in [0.3, 0.4) is 0 Å². The van der Waals surface area contributed by atoms with Crippen molar-refractivity contribution in [1.82, 2.24) is 14.8 Å². The molecule has 1 aromatic heterocycles. The highest BCUT2D eigenvalue weighted by Gasteiger charge is 2.17. The number of nitrogens with zero attached hydrogens (tertiary/aromatic N) is 3. The molecule has 1 fully saturated rings. The molecule has 2 rings (SSSR count). The van der Waals surface area contributed by atoms with Gasteiger partial charge in [0.2, 0.25) is 5.91 Å². The second-order valence-electron chi connectivity index (χ2n) is 4.58. The molecule has 1 amide bonds. The molecule has 1 aliphatic rings. The number of likely N-dealkylation sites (N-methyl/N-ethyl adjacent to an activating group) is 1. The summed E-state index contributed by atoms with van der Waals surface area (Å²) in [6.45, 7) is 3.77. The summed E-state index contributed by atoms with van der Waals surface area (Å²) in [5.41, 5.74) is 0.995. The molecule has 0 radical (unpaired) electrons. The molecular formula is C13H19N3O. The van der Waals surface area contributed by atoms with Crippen molar-refractivity contribution in [2.75, 3.05) is 33.2 Å². The summed E-state index contributed by atoms with van der Waals surface area (Å²) < 4.78 is 0. The Kier molecular flexibility index (Phi) is 4.09. The lowest BCUT2D eigenvalue weighted by molar-refractivity contribution is -0.130. The van der Waals surface area contributed by atoms with Crippen molar-refractivity contribution in [2.24, 2.45) is 0 Å². The van der Waals surface area contributed by atoms with Crippen LogP contribution >= 0.6 is 0 Å². The second kappa shape index (κ2) is 5.77. The summed E-state index contributed by atoms with van der Waals surface area (Å²) >= 11 is 0. The van der Waals surface area contributed by atoms with Crippen LogP contribution in [0.1, 0.15) is 12.0 Å². The maximum absolute atomic E-state index is 12.1. The molecule has 0 bridgehead atoms. The maximum Gasteiger partial charge on any atom is 0.227 e. The van der Waals surface area contributed by atoms with E-state index in [1.807, 2.05) is 17.0 Å². The standard InChI is InChI=1S/C13H19N3O/c1-15-6-3-7-16(9-8-15)13(17)10-12-4-2-5-14-11-12/h2,4-5,11H,3,6-10H2,1H3. The van der Waals surface area contributed by atoms with Gasteiger partial charge in [0, 0.05) is 32.0 Å². The average Bonchev–Trinajstić information content (AvgIpc) is 2.55. The quantitative estimate of drug-likeness (QED) is 0.757. The molecule has 2 heterocycles. The molecule has 0 N–H and O–H groups in total. The van der Waals surface area contributed by atoms with Crippen molar-refractivity contribution < 1.29 is 4.79 Å². The van der Waals surface area contributed by atoms with E-state index in [9.17, 15) is 4.79 Å². The van der Waals surface area contributed by atoms with E-state index in [2.05, 4.69) is 16.9 Å². The Morgan fingerprint density at radius 3 is 3.00 bits per heavy atom. The van der Waals surface area contributed by atoms with Crippen molar-refractivity contribution >= 4 is 5.91 Å². The Labute approximate surface area is 102 Å². The van der Waals surface area contributed by atoms with Gasteiger partial charge in [0.25, 0.3) is 0 Å². The van der Waals surface area contributed by atoms with Crippen molar-refractivity contribution in [1.29, 1.82) is 0 Å². The minimum Gasteiger partial charge on any atom is -0.341 e. The first-order chi connectivity index (χ1) is 8.25. The molecule has 4 nitrogen and oxygen atoms in total. The van der Waals surface area contributed by atoms with Crippen LogP contribution in [0.15, 0.2) is 24.5 Å². The molecule has 0 saturated carbocycles. The molecular weight excluding hydrogens is 214 g/mol. The van der Waals surface area contributed by atoms with Crippen LogP contribution in [-0.4, -0.2) is 53.9 Å². The number of hydrogen-bond donors (Lipinski definition) is 0. The van der Waals surface area contributed by atoms with Crippen molar-refractivity contribution in [3.05, 3.63) is 30.1 Å². The highest BCUT2D eigenvalue weighted by atomic mass is 16.2. The minimum absolute atomic E-state index is 0.216. The van der Waals surface area contributed by atoms with Crippen molar-refractivity contribution in [3.63, 3.8) is 0 Å². The summed E-state index contributed by atoms with van der Waals surface area (Å²) in [6.07, 6.45) is 5.03. The number of hydrogen-bond acceptors (Lipinski definition) is 3. The van der Waals surface area contributed by atoms with Gasteiger partial charge in [-0.1, -0.05) is 6.07 Å². The van der Waals surface area contributed by atoms with E-state index in [0.29, 0.717) is 6.42 Å². The first-order valence-corrected chi connectivity index (χ1v) is 6.11. The lowest BCUT2D eigenvalue weighted by atomic mass is 10.2. The smallest absolute Gasteiger partial charge is 0.227 e. The third-order valence-electron chi connectivity index (χ3n) is 3.15. The van der Waals surface area contributed by atoms with Gasteiger partial charge in [0.05, 0.1) is 6.42 Å². The van der Waals surface area contributed by atoms with E-state index < -0.39 is 0 Å². The SMILES string of the molecule is CN1CCCN(C(=O)Cc2cccnc2)CC1. The topological polar surface area (TPSA) is 36.4 Å². The first kappa shape index (κ1) is 12.0. The number of carbonyl (C=O) groups excluding carboxylic acids is 1. The monoisotopic (exact) mass is 233 g/mol. The molecule has 0 unspecified atom stereocenters. The van der Waals surface area contributed by atoms with Crippen molar-refractivity contribution in [2.45, 2.75) is 12.8 Å². The molecule has 0 spiro atoms. The molecule has 0 aromatic carbocycles. The Hall–Kier alpha value is -1.42. The van der Waals surface area contributed by atoms with Crippen LogP contribution in [-0.2, 0) is 11.2 Å². The van der Waals surface area contributed by atoms with Crippen LogP contribution in [0.2, 0.25) is 0 Å². The van der Waals surface area contributed by atoms with Gasteiger partial charge < -0.3 is 9.80 Å². The van der Waals surface area contributed by atoms with Crippen LogP contribution in [0.5, 0.6) is 0 Å². The summed E-state index contributed by atoms with van der Waals surface area (Å²) in [5.74, 6) is 0.216. The number of pyridine rings is 1. The molecule has 1 aromatic rings. The van der Waals surface area contributed by atoms with Crippen molar-refractivity contribution in [3.8, 4) is 0 Å². The van der Waals surface area contributed by atoms with E-state index in [1.165, 1.54) is 0 Å². The summed E-state index contributed by atoms with van der Waals surface area (Å²) in [4.78, 5) is 20.4. The fourth-order valence-corrected chi connectivity index (χ4v) is 2.09.